The van der Waals surface area contributed by atoms with Crippen molar-refractivity contribution in [1.29, 1.82) is 0 Å². The average Bonchev–Trinajstić information content (AvgIpc) is 2.71. The lowest BCUT2D eigenvalue weighted by molar-refractivity contribution is 0.250. The van der Waals surface area contributed by atoms with E-state index in [1.165, 1.54) is 0 Å². The summed E-state index contributed by atoms with van der Waals surface area (Å²) in [5.74, 6) is 0.244. The largest absolute Gasteiger partial charge is 0.357 e. The fourth-order valence-electron chi connectivity index (χ4n) is 1.55. The minimum atomic E-state index is -0.924. The lowest BCUT2D eigenvalue weighted by Gasteiger charge is -2.04. The molecule has 0 spiro atoms. The van der Waals surface area contributed by atoms with Crippen LogP contribution >= 0.6 is 0 Å². The second kappa shape index (κ2) is 5.04. The summed E-state index contributed by atoms with van der Waals surface area (Å²) in [6.45, 7) is 0. The number of para-hydroxylation sites is 1. The number of urea groups is 2. The van der Waals surface area contributed by atoms with E-state index >= 15 is 0 Å². The molecule has 1 heterocycles. The number of rotatable bonds is 3. The summed E-state index contributed by atoms with van der Waals surface area (Å²) < 4.78 is 0. The molecular formula is C10H11N7O2. The van der Waals surface area contributed by atoms with Gasteiger partial charge in [-0.25, -0.2) is 9.59 Å². The highest BCUT2D eigenvalue weighted by Crippen LogP contribution is 2.33. The Balaban J connectivity index is 2.45. The van der Waals surface area contributed by atoms with E-state index in [4.69, 9.17) is 11.5 Å². The Bertz CT molecular complexity index is 661. The van der Waals surface area contributed by atoms with Crippen molar-refractivity contribution in [3.8, 4) is 0 Å². The fraction of sp³-hybridized carbons (Fsp3) is 0. The normalized spacial score (nSPS) is 10.7. The lowest BCUT2D eigenvalue weighted by atomic mass is 10.2. The Kier molecular flexibility index (Phi) is 3.28. The van der Waals surface area contributed by atoms with Gasteiger partial charge >= 0.3 is 12.1 Å². The second-order valence-electron chi connectivity index (χ2n) is 3.55. The van der Waals surface area contributed by atoms with Gasteiger partial charge in [-0.2, -0.15) is 0 Å². The summed E-state index contributed by atoms with van der Waals surface area (Å²) in [5, 5.41) is 7.63. The number of primary amides is 2. The first-order valence-corrected chi connectivity index (χ1v) is 5.21. The van der Waals surface area contributed by atoms with Gasteiger partial charge in [0.15, 0.2) is 5.82 Å². The van der Waals surface area contributed by atoms with Gasteiger partial charge in [0.1, 0.15) is 5.69 Å². The molecule has 0 aliphatic heterocycles. The number of hydrazine groups is 1. The fourth-order valence-corrected chi connectivity index (χ4v) is 1.55. The molecule has 0 radical (unpaired) electrons. The van der Waals surface area contributed by atoms with Crippen LogP contribution in [-0.4, -0.2) is 17.0 Å². The topological polar surface area (TPSA) is 151 Å². The molecule has 0 bridgehead atoms. The quantitative estimate of drug-likeness (QED) is 0.418. The number of hydrogen-bond acceptors (Lipinski definition) is 4. The van der Waals surface area contributed by atoms with E-state index in [9.17, 15) is 9.59 Å². The zero-order valence-electron chi connectivity index (χ0n) is 9.68. The lowest BCUT2D eigenvalue weighted by Crippen LogP contribution is -2.34. The molecule has 4 amide bonds. The predicted octanol–water partition coefficient (Wildman–Crippen LogP) is 1.33. The van der Waals surface area contributed by atoms with Crippen LogP contribution < -0.4 is 22.3 Å². The maximum Gasteiger partial charge on any atom is 0.357 e. The van der Waals surface area contributed by atoms with E-state index in [2.05, 4.69) is 26.1 Å². The molecule has 2 aromatic rings. The van der Waals surface area contributed by atoms with Crippen LogP contribution in [0.5, 0.6) is 0 Å². The van der Waals surface area contributed by atoms with Crippen molar-refractivity contribution in [3.63, 3.8) is 0 Å². The highest BCUT2D eigenvalue weighted by Gasteiger charge is 2.11. The Morgan fingerprint density at radius 3 is 2.63 bits per heavy atom. The third-order valence-electron chi connectivity index (χ3n) is 2.25. The number of azo groups is 1. The summed E-state index contributed by atoms with van der Waals surface area (Å²) in [4.78, 5) is 24.2. The van der Waals surface area contributed by atoms with Crippen molar-refractivity contribution < 1.29 is 9.59 Å². The van der Waals surface area contributed by atoms with Crippen molar-refractivity contribution in [3.05, 3.63) is 24.3 Å². The van der Waals surface area contributed by atoms with Crippen LogP contribution in [-0.2, 0) is 0 Å². The molecule has 98 valence electrons. The molecule has 19 heavy (non-hydrogen) atoms. The van der Waals surface area contributed by atoms with Crippen LogP contribution in [0.3, 0.4) is 0 Å². The Morgan fingerprint density at radius 1 is 1.21 bits per heavy atom. The molecule has 7 N–H and O–H groups in total. The van der Waals surface area contributed by atoms with E-state index in [0.717, 1.165) is 10.9 Å². The molecule has 9 heteroatoms. The number of carbonyl (C=O) groups excluding carboxylic acids is 2. The van der Waals surface area contributed by atoms with E-state index in [0.29, 0.717) is 5.69 Å². The second-order valence-corrected chi connectivity index (χ2v) is 3.55. The van der Waals surface area contributed by atoms with Crippen molar-refractivity contribution in [1.82, 2.24) is 10.4 Å². The standard InChI is InChI=1S/C10H11N7O2/c11-9(18)16-14-7-5-3-1-2-4-6(5)13-8(7)15-17-10(12)19/h1-4,13-14H,(H2,12,19)(H3,11,16,18). The molecule has 0 fully saturated rings. The van der Waals surface area contributed by atoms with Crippen molar-refractivity contribution >= 4 is 34.5 Å². The summed E-state index contributed by atoms with van der Waals surface area (Å²) >= 11 is 0. The maximum absolute atomic E-state index is 10.7. The number of carbonyl (C=O) groups is 2. The SMILES string of the molecule is NC(=O)N=Nc1[nH]c2ccccc2c1NNC(N)=O. The molecule has 0 aliphatic rings. The van der Waals surface area contributed by atoms with Gasteiger partial charge in [0, 0.05) is 10.9 Å². The van der Waals surface area contributed by atoms with Crippen molar-refractivity contribution in [2.24, 2.45) is 21.7 Å². The number of aromatic nitrogens is 1. The number of benzene rings is 1. The van der Waals surface area contributed by atoms with Crippen molar-refractivity contribution in [2.75, 3.05) is 5.43 Å². The first-order chi connectivity index (χ1) is 9.08. The van der Waals surface area contributed by atoms with Crippen LogP contribution in [0.15, 0.2) is 34.5 Å². The number of amides is 4. The van der Waals surface area contributed by atoms with E-state index in [1.54, 1.807) is 18.2 Å². The van der Waals surface area contributed by atoms with Crippen LogP contribution in [0.2, 0.25) is 0 Å². The molecular weight excluding hydrogens is 250 g/mol. The van der Waals surface area contributed by atoms with Crippen LogP contribution in [0, 0.1) is 0 Å². The first kappa shape index (κ1) is 12.4. The number of hydrogen-bond donors (Lipinski definition) is 5. The highest BCUT2D eigenvalue weighted by atomic mass is 16.2. The molecule has 0 saturated heterocycles. The Hall–Kier alpha value is -3.10. The summed E-state index contributed by atoms with van der Waals surface area (Å²) in [6.07, 6.45) is 0. The van der Waals surface area contributed by atoms with Gasteiger partial charge in [0.2, 0.25) is 0 Å². The third kappa shape index (κ3) is 2.77. The van der Waals surface area contributed by atoms with E-state index < -0.39 is 12.1 Å². The Labute approximate surface area is 107 Å². The van der Waals surface area contributed by atoms with Crippen LogP contribution in [0.25, 0.3) is 10.9 Å². The van der Waals surface area contributed by atoms with Gasteiger partial charge in [-0.05, 0) is 6.07 Å². The van der Waals surface area contributed by atoms with Crippen LogP contribution in [0.1, 0.15) is 0 Å². The molecule has 1 aromatic heterocycles. The first-order valence-electron chi connectivity index (χ1n) is 5.21. The average molecular weight is 261 g/mol. The molecule has 0 aliphatic carbocycles. The van der Waals surface area contributed by atoms with Gasteiger partial charge in [-0.3, -0.25) is 10.9 Å². The summed E-state index contributed by atoms with van der Waals surface area (Å²) in [6, 6.07) is 5.53. The van der Waals surface area contributed by atoms with Gasteiger partial charge in [-0.15, -0.1) is 5.11 Å². The van der Waals surface area contributed by atoms with Crippen LogP contribution in [0.4, 0.5) is 21.1 Å². The molecule has 0 atom stereocenters. The van der Waals surface area contributed by atoms with Crippen molar-refractivity contribution in [2.45, 2.75) is 0 Å². The van der Waals surface area contributed by atoms with Gasteiger partial charge in [-0.1, -0.05) is 23.3 Å². The van der Waals surface area contributed by atoms with Gasteiger partial charge in [0.05, 0.1) is 0 Å². The highest BCUT2D eigenvalue weighted by molar-refractivity contribution is 5.99. The molecule has 0 unspecified atom stereocenters. The maximum atomic E-state index is 10.7. The molecule has 2 rings (SSSR count). The number of fused-ring (bicyclic) bond motifs is 1. The smallest absolute Gasteiger partial charge is 0.350 e. The number of H-pyrrole nitrogens is 1. The summed E-state index contributed by atoms with van der Waals surface area (Å²) in [5.41, 5.74) is 15.8. The monoisotopic (exact) mass is 261 g/mol. The number of anilines is 1. The zero-order valence-corrected chi connectivity index (χ0v) is 9.68. The third-order valence-corrected chi connectivity index (χ3v) is 2.25. The molecule has 1 aromatic carbocycles. The molecule has 0 saturated carbocycles. The van der Waals surface area contributed by atoms with E-state index in [1.807, 2.05) is 6.07 Å². The number of nitrogens with two attached hydrogens (primary N) is 2. The minimum Gasteiger partial charge on any atom is -0.350 e. The minimum absolute atomic E-state index is 0.244. The number of nitrogens with zero attached hydrogens (tertiary/aromatic N) is 2. The number of nitrogens with one attached hydrogen (secondary N) is 3. The molecule has 9 nitrogen and oxygen atoms in total. The van der Waals surface area contributed by atoms with Gasteiger partial charge in [0.25, 0.3) is 0 Å². The Morgan fingerprint density at radius 2 is 1.95 bits per heavy atom. The van der Waals surface area contributed by atoms with Gasteiger partial charge < -0.3 is 16.5 Å². The van der Waals surface area contributed by atoms with E-state index in [-0.39, 0.29) is 5.82 Å². The predicted molar refractivity (Wildman–Crippen MR) is 68.7 cm³/mol. The zero-order chi connectivity index (χ0) is 13.8. The summed E-state index contributed by atoms with van der Waals surface area (Å²) in [7, 11) is 0. The number of aromatic amines is 1.